The number of aromatic hydroxyl groups is 3. The molecule has 0 bridgehead atoms. The number of phenolic OH excluding ortho intramolecular Hbond substituents is 3. The van der Waals surface area contributed by atoms with Gasteiger partial charge in [0.25, 0.3) is 0 Å². The van der Waals surface area contributed by atoms with Gasteiger partial charge in [-0.05, 0) is 17.7 Å². The largest absolute Gasteiger partial charge is 0.507 e. The number of rotatable bonds is 7. The molecule has 0 spiro atoms. The van der Waals surface area contributed by atoms with Gasteiger partial charge in [-0.25, -0.2) is 0 Å². The number of hydrogen-bond donors (Lipinski definition) is 11. The van der Waals surface area contributed by atoms with Crippen LogP contribution in [0.1, 0.15) is 22.0 Å². The summed E-state index contributed by atoms with van der Waals surface area (Å²) in [6.07, 6.45) is -20.0. The maximum atomic E-state index is 13.8. The zero-order chi connectivity index (χ0) is 32.0. The van der Waals surface area contributed by atoms with Gasteiger partial charge in [-0.1, -0.05) is 6.07 Å². The lowest BCUT2D eigenvalue weighted by Crippen LogP contribution is -2.60. The minimum Gasteiger partial charge on any atom is -0.507 e. The Kier molecular flexibility index (Phi) is 9.17. The van der Waals surface area contributed by atoms with Crippen molar-refractivity contribution in [2.45, 2.75) is 73.6 Å². The van der Waals surface area contributed by atoms with Gasteiger partial charge < -0.3 is 79.9 Å². The highest BCUT2D eigenvalue weighted by Crippen LogP contribution is 2.45. The lowest BCUT2D eigenvalue weighted by molar-refractivity contribution is -0.311. The highest BCUT2D eigenvalue weighted by atomic mass is 16.7. The van der Waals surface area contributed by atoms with E-state index in [1.54, 1.807) is 0 Å². The first kappa shape index (κ1) is 32.1. The average molecular weight is 629 g/mol. The highest BCUT2D eigenvalue weighted by Gasteiger charge is 2.50. The average Bonchev–Trinajstić information content (AvgIpc) is 2.99. The minimum absolute atomic E-state index is 0.0497. The highest BCUT2D eigenvalue weighted by molar-refractivity contribution is 6.05. The first-order valence-electron chi connectivity index (χ1n) is 13.4. The Bertz CT molecular complexity index is 1350. The van der Waals surface area contributed by atoms with Crippen LogP contribution in [-0.4, -0.2) is 143 Å². The van der Waals surface area contributed by atoms with Crippen molar-refractivity contribution in [2.24, 2.45) is 0 Å². The number of benzene rings is 2. The van der Waals surface area contributed by atoms with Crippen LogP contribution in [0.25, 0.3) is 0 Å². The summed E-state index contributed by atoms with van der Waals surface area (Å²) in [7, 11) is 0. The molecule has 2 fully saturated rings. The van der Waals surface area contributed by atoms with Gasteiger partial charge in [0.2, 0.25) is 12.1 Å². The molecule has 2 saturated heterocycles. The summed E-state index contributed by atoms with van der Waals surface area (Å²) in [5.41, 5.74) is -0.395. The Morgan fingerprint density at radius 1 is 0.682 bits per heavy atom. The van der Waals surface area contributed by atoms with Gasteiger partial charge in [-0.3, -0.25) is 4.79 Å². The number of aliphatic hydroxyl groups excluding tert-OH is 8. The summed E-state index contributed by atoms with van der Waals surface area (Å²) in [6.45, 7) is -1.51. The van der Waals surface area contributed by atoms with E-state index in [2.05, 4.69) is 0 Å². The third kappa shape index (κ3) is 5.75. The van der Waals surface area contributed by atoms with E-state index in [0.29, 0.717) is 0 Å². The Morgan fingerprint density at radius 2 is 1.27 bits per heavy atom. The minimum atomic E-state index is -1.90. The van der Waals surface area contributed by atoms with Crippen LogP contribution in [0.5, 0.6) is 28.7 Å². The Morgan fingerprint density at radius 3 is 1.86 bits per heavy atom. The fourth-order valence-electron chi connectivity index (χ4n) is 5.18. The molecular formula is C27H32O17. The van der Waals surface area contributed by atoms with Gasteiger partial charge in [-0.15, -0.1) is 0 Å². The van der Waals surface area contributed by atoms with Gasteiger partial charge in [-0.2, -0.15) is 0 Å². The third-order valence-electron chi connectivity index (χ3n) is 7.65. The second kappa shape index (κ2) is 12.6. The smallest absolute Gasteiger partial charge is 0.229 e. The summed E-state index contributed by atoms with van der Waals surface area (Å²) in [5, 5.41) is 111. The number of Topliss-reactive ketones (excluding diaryl/α,β-unsaturated/α-hetero) is 1. The summed E-state index contributed by atoms with van der Waals surface area (Å²) in [5.74, 6) is -3.33. The predicted molar refractivity (Wildman–Crippen MR) is 139 cm³/mol. The van der Waals surface area contributed by atoms with Crippen molar-refractivity contribution in [3.63, 3.8) is 0 Å². The summed E-state index contributed by atoms with van der Waals surface area (Å²) in [4.78, 5) is 13.8. The topological polar surface area (TPSA) is 286 Å². The van der Waals surface area contributed by atoms with Crippen LogP contribution in [0, 0.1) is 0 Å². The number of hydrogen-bond acceptors (Lipinski definition) is 17. The van der Waals surface area contributed by atoms with E-state index < -0.39 is 115 Å². The van der Waals surface area contributed by atoms with E-state index in [0.717, 1.165) is 24.3 Å². The van der Waals surface area contributed by atoms with Crippen molar-refractivity contribution >= 4 is 5.78 Å². The van der Waals surface area contributed by atoms with Crippen molar-refractivity contribution in [1.29, 1.82) is 0 Å². The fraction of sp³-hybridized carbons (Fsp3) is 0.519. The SMILES string of the molecule is O=C1c2c(O)cc(O[C@H]3O[C@H](CO)[C@@H](O)[C@H](O)[C@H]3O)cc2O[C@H](c2ccc(O)c(O)c2)[C@@H]1O[C@H]1O[C@H](CO)[C@@H](O)[C@H](O)[C@H]1O. The molecule has 2 aromatic rings. The van der Waals surface area contributed by atoms with Gasteiger partial charge >= 0.3 is 0 Å². The van der Waals surface area contributed by atoms with E-state index in [-0.39, 0.29) is 17.1 Å². The Labute approximate surface area is 247 Å². The van der Waals surface area contributed by atoms with Crippen molar-refractivity contribution in [3.05, 3.63) is 41.5 Å². The van der Waals surface area contributed by atoms with Crippen LogP contribution in [0.15, 0.2) is 30.3 Å². The predicted octanol–water partition coefficient (Wildman–Crippen LogP) is -3.52. The van der Waals surface area contributed by atoms with Gasteiger partial charge in [0.05, 0.1) is 13.2 Å². The molecule has 0 unspecified atom stereocenters. The van der Waals surface area contributed by atoms with Crippen LogP contribution in [0.3, 0.4) is 0 Å². The summed E-state index contributed by atoms with van der Waals surface area (Å²) < 4.78 is 27.9. The number of carbonyl (C=O) groups is 1. The molecule has 0 saturated carbocycles. The Balaban J connectivity index is 1.49. The van der Waals surface area contributed by atoms with Gasteiger partial charge in [0.15, 0.2) is 30.0 Å². The summed E-state index contributed by atoms with van der Waals surface area (Å²) >= 11 is 0. The molecule has 17 nitrogen and oxygen atoms in total. The van der Waals surface area contributed by atoms with Crippen molar-refractivity contribution in [3.8, 4) is 28.7 Å². The molecule has 3 heterocycles. The van der Waals surface area contributed by atoms with Crippen LogP contribution in [-0.2, 0) is 14.2 Å². The molecule has 5 rings (SSSR count). The van der Waals surface area contributed by atoms with Crippen molar-refractivity contribution in [2.75, 3.05) is 13.2 Å². The monoisotopic (exact) mass is 628 g/mol. The van der Waals surface area contributed by atoms with Gasteiger partial charge in [0.1, 0.15) is 71.6 Å². The molecular weight excluding hydrogens is 596 g/mol. The molecule has 242 valence electrons. The number of carbonyl (C=O) groups excluding carboxylic acids is 1. The molecule has 3 aliphatic heterocycles. The molecule has 17 heteroatoms. The molecule has 0 aliphatic carbocycles. The number of ether oxygens (including phenoxy) is 5. The van der Waals surface area contributed by atoms with Crippen molar-refractivity contribution in [1.82, 2.24) is 0 Å². The number of ketones is 1. The Hall–Kier alpha value is -3.33. The van der Waals surface area contributed by atoms with Crippen LogP contribution >= 0.6 is 0 Å². The molecule has 11 N–H and O–H groups in total. The van der Waals surface area contributed by atoms with E-state index in [1.165, 1.54) is 6.07 Å². The first-order chi connectivity index (χ1) is 20.9. The van der Waals surface area contributed by atoms with E-state index in [1.807, 2.05) is 0 Å². The fourth-order valence-corrected chi connectivity index (χ4v) is 5.18. The lowest BCUT2D eigenvalue weighted by Gasteiger charge is -2.42. The van der Waals surface area contributed by atoms with Crippen LogP contribution in [0.4, 0.5) is 0 Å². The summed E-state index contributed by atoms with van der Waals surface area (Å²) in [6, 6.07) is 5.48. The number of fused-ring (bicyclic) bond motifs is 1. The molecule has 0 radical (unpaired) electrons. The molecule has 2 aromatic carbocycles. The maximum absolute atomic E-state index is 13.8. The third-order valence-corrected chi connectivity index (χ3v) is 7.65. The lowest BCUT2D eigenvalue weighted by atomic mass is 9.92. The molecule has 0 aromatic heterocycles. The zero-order valence-electron chi connectivity index (χ0n) is 22.6. The zero-order valence-corrected chi connectivity index (χ0v) is 22.6. The molecule has 0 amide bonds. The molecule has 3 aliphatic rings. The van der Waals surface area contributed by atoms with E-state index >= 15 is 0 Å². The molecule has 44 heavy (non-hydrogen) atoms. The van der Waals surface area contributed by atoms with E-state index in [9.17, 15) is 61.0 Å². The molecule has 12 atom stereocenters. The second-order valence-electron chi connectivity index (χ2n) is 10.5. The standard InChI is InChI=1S/C27H32O17/c28-6-14-17(33)20(36)22(38)26(42-14)40-9-4-12(32)16-13(5-9)41-24(8-1-2-10(30)11(31)3-8)25(19(16)35)44-27-23(39)21(37)18(34)15(7-29)43-27/h1-5,14-15,17-18,20-34,36-39H,6-7H2/t14-,15-,17-,18-,20+,21+,22-,23-,24-,25-,26+,27-/m1/s1. The van der Waals surface area contributed by atoms with E-state index in [4.69, 9.17) is 23.7 Å². The quantitative estimate of drug-likeness (QED) is 0.133. The first-order valence-corrected chi connectivity index (χ1v) is 13.4. The van der Waals surface area contributed by atoms with Crippen LogP contribution < -0.4 is 9.47 Å². The number of phenols is 3. The normalized spacial score (nSPS) is 37.2. The number of aliphatic hydroxyl groups is 8. The second-order valence-corrected chi connectivity index (χ2v) is 10.5. The van der Waals surface area contributed by atoms with Gasteiger partial charge in [0, 0.05) is 12.1 Å². The van der Waals surface area contributed by atoms with Crippen LogP contribution in [0.2, 0.25) is 0 Å². The van der Waals surface area contributed by atoms with Crippen molar-refractivity contribution < 1.29 is 84.7 Å². The maximum Gasteiger partial charge on any atom is 0.229 e.